The van der Waals surface area contributed by atoms with E-state index in [4.69, 9.17) is 9.84 Å². The fraction of sp³-hybridized carbons (Fsp3) is 0.515. The number of unbranched alkanes of at least 4 members (excludes halogenated alkanes) is 20. The second-order valence-electron chi connectivity index (χ2n) is 20.1. The molecule has 0 bridgehead atoms. The molecule has 0 aromatic heterocycles. The van der Waals surface area contributed by atoms with Gasteiger partial charge < -0.3 is 9.84 Å². The molecule has 0 atom stereocenters. The van der Waals surface area contributed by atoms with E-state index in [1.165, 1.54) is 219 Å². The van der Waals surface area contributed by atoms with Gasteiger partial charge in [-0.15, -0.1) is 6.58 Å². The first kappa shape index (κ1) is 63.4. The SMILES string of the molecule is BrCCCCCCCCCCc1ccc2c(c1)CC2.Brc1ccc(OCCCCCCCCCCc2ccc3c(c2)CC3)cc1.Brc1ccc2c(c1)CC2.C=CCCCCCCCCBr.Oc1ccc(Br)cc1. The fourth-order valence-corrected chi connectivity index (χ4v) is 10.9. The van der Waals surface area contributed by atoms with Crippen LogP contribution in [-0.2, 0) is 51.4 Å². The zero-order valence-electron chi connectivity index (χ0n) is 44.4. The van der Waals surface area contributed by atoms with Crippen molar-refractivity contribution in [3.05, 3.63) is 174 Å². The maximum Gasteiger partial charge on any atom is 0.119 e. The molecule has 5 aromatic carbocycles. The third kappa shape index (κ3) is 29.2. The zero-order valence-corrected chi connectivity index (χ0v) is 52.3. The highest BCUT2D eigenvalue weighted by atomic mass is 79.9. The van der Waals surface area contributed by atoms with Crippen LogP contribution in [-0.4, -0.2) is 22.4 Å². The quantitative estimate of drug-likeness (QED) is 0.0282. The van der Waals surface area contributed by atoms with Crippen molar-refractivity contribution in [1.29, 1.82) is 0 Å². The topological polar surface area (TPSA) is 29.5 Å². The van der Waals surface area contributed by atoms with Gasteiger partial charge in [-0.05, 0) is 201 Å². The Balaban J connectivity index is 0.000000214. The standard InChI is InChI=1S/C24H31BrO.C18H27Br.C10H19Br.C8H7Br.C6H5BrO/c25-23-14-16-24(17-15-23)26-18-8-6-4-2-1-3-5-7-9-20-10-11-21-12-13-22(21)19-20;19-14-8-6-4-2-1-3-5-7-9-16-10-11-17-12-13-18(17)15-16;1-2-3-4-5-6-7-8-9-10-11;9-8-4-3-6-1-2-7(6)5-8;7-5-1-3-6(8)4-2-5/h10-11,14-17,19H,1-9,12-13,18H2;10-11,15H,1-9,12-14H2;2H,1,3-10H2;3-5H,1-2H2;1-4,8H. The molecule has 2 nitrogen and oxygen atoms in total. The van der Waals surface area contributed by atoms with Gasteiger partial charge in [-0.25, -0.2) is 0 Å². The number of hydrogen-bond donors (Lipinski definition) is 1. The van der Waals surface area contributed by atoms with Crippen molar-refractivity contribution in [2.24, 2.45) is 0 Å². The van der Waals surface area contributed by atoms with Crippen LogP contribution in [0.2, 0.25) is 0 Å². The number of aryl methyl sites for hydroxylation is 8. The minimum atomic E-state index is 0.299. The van der Waals surface area contributed by atoms with Gasteiger partial charge in [-0.1, -0.05) is 231 Å². The van der Waals surface area contributed by atoms with E-state index in [1.807, 2.05) is 30.3 Å². The monoisotopic (exact) mass is 1310 g/mol. The highest BCUT2D eigenvalue weighted by Crippen LogP contribution is 2.27. The molecule has 0 aliphatic heterocycles. The number of ether oxygens (including phenoxy) is 1. The predicted octanol–water partition coefficient (Wildman–Crippen LogP) is 22.1. The number of phenols is 1. The van der Waals surface area contributed by atoms with E-state index in [0.29, 0.717) is 5.75 Å². The molecule has 1 N–H and O–H groups in total. The predicted molar refractivity (Wildman–Crippen MR) is 336 cm³/mol. The summed E-state index contributed by atoms with van der Waals surface area (Å²) < 4.78 is 9.05. The van der Waals surface area contributed by atoms with Gasteiger partial charge in [-0.2, -0.15) is 0 Å². The van der Waals surface area contributed by atoms with Gasteiger partial charge in [0.05, 0.1) is 6.61 Å². The first-order chi connectivity index (χ1) is 35.8. The van der Waals surface area contributed by atoms with E-state index in [9.17, 15) is 0 Å². The Bertz CT molecular complexity index is 2160. The number of allylic oxidation sites excluding steroid dienone is 1. The fourth-order valence-electron chi connectivity index (χ4n) is 9.20. The van der Waals surface area contributed by atoms with E-state index in [1.54, 1.807) is 57.6 Å². The number of fused-ring (bicyclic) bond motifs is 3. The van der Waals surface area contributed by atoms with E-state index in [-0.39, 0.29) is 0 Å². The summed E-state index contributed by atoms with van der Waals surface area (Å²) in [5.74, 6) is 1.27. The third-order valence-corrected chi connectivity index (χ3v) is 16.8. The first-order valence-corrected chi connectivity index (χ1v) is 32.9. The molecule has 5 aromatic rings. The summed E-state index contributed by atoms with van der Waals surface area (Å²) in [5.41, 5.74) is 12.5. The average molecular weight is 1310 g/mol. The third-order valence-electron chi connectivity index (χ3n) is 14.1. The molecular weight excluding hydrogens is 1220 g/mol. The summed E-state index contributed by atoms with van der Waals surface area (Å²) in [7, 11) is 0. The first-order valence-electron chi connectivity index (χ1n) is 28.3. The highest BCUT2D eigenvalue weighted by molar-refractivity contribution is 9.11. The normalized spacial score (nSPS) is 12.1. The van der Waals surface area contributed by atoms with E-state index in [0.717, 1.165) is 27.7 Å². The molecule has 0 radical (unpaired) electrons. The number of alkyl halides is 2. The number of rotatable bonds is 30. The van der Waals surface area contributed by atoms with Gasteiger partial charge in [0.25, 0.3) is 0 Å². The Morgan fingerprint density at radius 3 is 1.11 bits per heavy atom. The Morgan fingerprint density at radius 2 is 0.740 bits per heavy atom. The maximum absolute atomic E-state index is 8.74. The molecule has 400 valence electrons. The van der Waals surface area contributed by atoms with Crippen molar-refractivity contribution in [3.8, 4) is 11.5 Å². The van der Waals surface area contributed by atoms with Gasteiger partial charge in [-0.3, -0.25) is 0 Å². The highest BCUT2D eigenvalue weighted by Gasteiger charge is 2.14. The van der Waals surface area contributed by atoms with Crippen LogP contribution in [0.4, 0.5) is 0 Å². The Morgan fingerprint density at radius 1 is 0.384 bits per heavy atom. The summed E-state index contributed by atoms with van der Waals surface area (Å²) >= 11 is 17.0. The minimum absolute atomic E-state index is 0.299. The largest absolute Gasteiger partial charge is 0.508 e. The lowest BCUT2D eigenvalue weighted by atomic mass is 9.86. The molecule has 0 spiro atoms. The number of halogens is 5. The Kier molecular flexibility index (Phi) is 35.6. The molecule has 0 heterocycles. The van der Waals surface area contributed by atoms with Crippen LogP contribution in [0, 0.1) is 0 Å². The van der Waals surface area contributed by atoms with Crippen molar-refractivity contribution in [1.82, 2.24) is 0 Å². The van der Waals surface area contributed by atoms with Crippen LogP contribution in [0.1, 0.15) is 192 Å². The van der Waals surface area contributed by atoms with Crippen LogP contribution in [0.25, 0.3) is 0 Å². The van der Waals surface area contributed by atoms with Crippen molar-refractivity contribution >= 4 is 79.6 Å². The molecule has 3 aliphatic rings. The molecular formula is C66H89Br5O2. The summed E-state index contributed by atoms with van der Waals surface area (Å²) in [5, 5.41) is 11.1. The van der Waals surface area contributed by atoms with Crippen molar-refractivity contribution in [2.75, 3.05) is 17.3 Å². The Hall–Kier alpha value is -2.16. The van der Waals surface area contributed by atoms with Crippen LogP contribution in [0.3, 0.4) is 0 Å². The lowest BCUT2D eigenvalue weighted by Crippen LogP contribution is -2.08. The van der Waals surface area contributed by atoms with Gasteiger partial charge >= 0.3 is 0 Å². The molecule has 7 heteroatoms. The maximum atomic E-state index is 8.74. The lowest BCUT2D eigenvalue weighted by Gasteiger charge is -2.19. The molecule has 8 rings (SSSR count). The van der Waals surface area contributed by atoms with Crippen LogP contribution in [0.5, 0.6) is 11.5 Å². The molecule has 0 fully saturated rings. The van der Waals surface area contributed by atoms with E-state index < -0.39 is 0 Å². The number of benzene rings is 5. The molecule has 0 saturated carbocycles. The smallest absolute Gasteiger partial charge is 0.119 e. The number of phenolic OH excluding ortho intramolecular Hbond substituents is 1. The van der Waals surface area contributed by atoms with E-state index >= 15 is 0 Å². The van der Waals surface area contributed by atoms with Gasteiger partial charge in [0.1, 0.15) is 11.5 Å². The van der Waals surface area contributed by atoms with Gasteiger partial charge in [0.15, 0.2) is 0 Å². The van der Waals surface area contributed by atoms with Crippen LogP contribution in [0.15, 0.2) is 129 Å². The number of hydrogen-bond acceptors (Lipinski definition) is 2. The van der Waals surface area contributed by atoms with Crippen LogP contribution < -0.4 is 4.74 Å². The number of aromatic hydroxyl groups is 1. The summed E-state index contributed by atoms with van der Waals surface area (Å²) in [6.07, 6.45) is 43.7. The lowest BCUT2D eigenvalue weighted by molar-refractivity contribution is 0.304. The summed E-state index contributed by atoms with van der Waals surface area (Å²) in [6, 6.07) is 35.7. The van der Waals surface area contributed by atoms with Crippen molar-refractivity contribution < 1.29 is 9.84 Å². The van der Waals surface area contributed by atoms with Crippen molar-refractivity contribution in [2.45, 2.75) is 199 Å². The molecule has 0 unspecified atom stereocenters. The van der Waals surface area contributed by atoms with E-state index in [2.05, 4.69) is 141 Å². The van der Waals surface area contributed by atoms with Crippen LogP contribution >= 0.6 is 79.6 Å². The summed E-state index contributed by atoms with van der Waals surface area (Å²) in [6.45, 7) is 4.54. The summed E-state index contributed by atoms with van der Waals surface area (Å²) in [4.78, 5) is 0. The Labute approximate surface area is 486 Å². The average Bonchev–Trinajstić information content (AvgIpc) is 3.37. The molecule has 0 saturated heterocycles. The zero-order chi connectivity index (χ0) is 52.0. The molecule has 73 heavy (non-hydrogen) atoms. The molecule has 3 aliphatic carbocycles. The second-order valence-corrected chi connectivity index (χ2v) is 24.5. The van der Waals surface area contributed by atoms with Gasteiger partial charge in [0, 0.05) is 24.1 Å². The van der Waals surface area contributed by atoms with Crippen molar-refractivity contribution in [3.63, 3.8) is 0 Å². The molecule has 0 amide bonds. The van der Waals surface area contributed by atoms with Gasteiger partial charge in [0.2, 0.25) is 0 Å². The second kappa shape index (κ2) is 41.0. The minimum Gasteiger partial charge on any atom is -0.508 e.